The fourth-order valence-corrected chi connectivity index (χ4v) is 9.64. The lowest BCUT2D eigenvalue weighted by molar-refractivity contribution is -0.147. The quantitative estimate of drug-likeness (QED) is 0.384. The number of aromatic nitrogens is 3. The Morgan fingerprint density at radius 2 is 1.93 bits per heavy atom. The van der Waals surface area contributed by atoms with Gasteiger partial charge in [-0.1, -0.05) is 43.3 Å². The van der Waals surface area contributed by atoms with Crippen molar-refractivity contribution in [2.45, 2.75) is 62.4 Å². The molecule has 41 heavy (non-hydrogen) atoms. The fraction of sp³-hybridized carbons (Fsp3) is 0.567. The summed E-state index contributed by atoms with van der Waals surface area (Å²) in [6, 6.07) is 6.12. The minimum atomic E-state index is -0.835. The van der Waals surface area contributed by atoms with Gasteiger partial charge in [-0.3, -0.25) is 14.4 Å². The fourth-order valence-electron chi connectivity index (χ4n) is 7.24. The van der Waals surface area contributed by atoms with E-state index in [0.29, 0.717) is 13.1 Å². The molecule has 1 aromatic carbocycles. The molecule has 3 saturated heterocycles. The van der Waals surface area contributed by atoms with E-state index >= 15 is 0 Å². The maximum atomic E-state index is 14.7. The summed E-state index contributed by atoms with van der Waals surface area (Å²) in [5.74, 6) is -1.63. The van der Waals surface area contributed by atoms with Gasteiger partial charge in [0.2, 0.25) is 17.7 Å². The molecule has 11 heteroatoms. The molecule has 1 N–H and O–H groups in total. The number of amides is 3. The molecule has 5 rings (SSSR count). The molecular weight excluding hydrogens is 540 g/mol. The summed E-state index contributed by atoms with van der Waals surface area (Å²) in [5, 5.41) is 18.7. The second-order valence-electron chi connectivity index (χ2n) is 11.5. The molecule has 3 fully saturated rings. The van der Waals surface area contributed by atoms with Gasteiger partial charge in [0.25, 0.3) is 0 Å². The van der Waals surface area contributed by atoms with Crippen molar-refractivity contribution in [1.82, 2.24) is 29.7 Å². The van der Waals surface area contributed by atoms with Gasteiger partial charge in [0.05, 0.1) is 34.7 Å². The summed E-state index contributed by atoms with van der Waals surface area (Å²) in [5.41, 5.74) is 1.52. The lowest BCUT2D eigenvalue weighted by Gasteiger charge is -2.41. The first-order chi connectivity index (χ1) is 19.7. The highest BCUT2D eigenvalue weighted by atomic mass is 32.2. The Kier molecular flexibility index (Phi) is 8.29. The number of thioether (sulfide) groups is 1. The van der Waals surface area contributed by atoms with Crippen LogP contribution in [0, 0.1) is 17.8 Å². The molecule has 3 aliphatic rings. The van der Waals surface area contributed by atoms with Crippen LogP contribution in [0.5, 0.6) is 0 Å². The molecule has 3 aliphatic heterocycles. The molecule has 10 nitrogen and oxygen atoms in total. The van der Waals surface area contributed by atoms with Gasteiger partial charge in [0.15, 0.2) is 0 Å². The Morgan fingerprint density at radius 1 is 1.22 bits per heavy atom. The van der Waals surface area contributed by atoms with E-state index in [1.54, 1.807) is 50.2 Å². The number of aliphatic hydroxyl groups is 1. The monoisotopic (exact) mass is 580 g/mol. The Hall–Kier alpha value is -3.18. The predicted molar refractivity (Wildman–Crippen MR) is 159 cm³/mol. The minimum absolute atomic E-state index is 0.0251. The van der Waals surface area contributed by atoms with Gasteiger partial charge in [-0.05, 0) is 37.8 Å². The number of nitrogens with zero attached hydrogens (tertiary/aromatic N) is 6. The molecule has 0 radical (unpaired) electrons. The third-order valence-corrected chi connectivity index (χ3v) is 11.1. The van der Waals surface area contributed by atoms with E-state index in [9.17, 15) is 19.5 Å². The third kappa shape index (κ3) is 4.57. The van der Waals surface area contributed by atoms with E-state index in [-0.39, 0.29) is 48.7 Å². The SMILES string of the molecule is C=CCN(Cn1nnc2ccccc21)C(=O)C1N([C@H](C)CO)C(=O)[C@@H]2[C@@H](C(=O)N(CC=C)CCC)[C@H]3CC(C)C12S3. The minimum Gasteiger partial charge on any atom is -0.394 e. The molecule has 7 atom stereocenters. The van der Waals surface area contributed by atoms with Crippen molar-refractivity contribution in [2.75, 3.05) is 26.2 Å². The zero-order chi connectivity index (χ0) is 29.5. The van der Waals surface area contributed by atoms with Gasteiger partial charge in [-0.2, -0.15) is 0 Å². The normalized spacial score (nSPS) is 29.0. The van der Waals surface area contributed by atoms with Crippen molar-refractivity contribution >= 4 is 40.5 Å². The maximum absolute atomic E-state index is 14.7. The number of para-hydroxylation sites is 1. The number of aliphatic hydroxyl groups excluding tert-OH is 1. The van der Waals surface area contributed by atoms with Gasteiger partial charge in [-0.25, -0.2) is 4.68 Å². The first kappa shape index (κ1) is 29.3. The number of benzene rings is 1. The van der Waals surface area contributed by atoms with Crippen molar-refractivity contribution in [3.8, 4) is 0 Å². The van der Waals surface area contributed by atoms with Crippen LogP contribution in [0.2, 0.25) is 0 Å². The van der Waals surface area contributed by atoms with E-state index in [2.05, 4.69) is 30.4 Å². The summed E-state index contributed by atoms with van der Waals surface area (Å²) in [6.07, 6.45) is 4.93. The number of fused-ring (bicyclic) bond motifs is 2. The highest BCUT2D eigenvalue weighted by Crippen LogP contribution is 2.69. The van der Waals surface area contributed by atoms with Crippen LogP contribution in [-0.2, 0) is 21.1 Å². The first-order valence-corrected chi connectivity index (χ1v) is 15.3. The lowest BCUT2D eigenvalue weighted by atomic mass is 9.65. The van der Waals surface area contributed by atoms with Crippen LogP contribution in [0.25, 0.3) is 11.0 Å². The van der Waals surface area contributed by atoms with Gasteiger partial charge < -0.3 is 19.8 Å². The Morgan fingerprint density at radius 3 is 2.61 bits per heavy atom. The summed E-state index contributed by atoms with van der Waals surface area (Å²) < 4.78 is 0.897. The van der Waals surface area contributed by atoms with Crippen LogP contribution in [0.3, 0.4) is 0 Å². The highest BCUT2D eigenvalue weighted by molar-refractivity contribution is 8.02. The molecule has 1 aromatic heterocycles. The molecule has 0 aliphatic carbocycles. The standard InChI is InChI=1S/C30H40N6O4S/c1-6-13-33(14-7-2)27(38)24-23-16-19(4)30(41-23)25(24)28(39)36(20(5)17-37)26(30)29(40)34(15-8-3)18-35-22-12-10-9-11-21(22)31-32-35/h6,8-12,19-20,23-26,37H,1,3,7,13-18H2,2,4-5H3/t19?,20-,23-,24+,25+,26?,30?/m1/s1. The molecule has 2 bridgehead atoms. The molecule has 2 aromatic rings. The van der Waals surface area contributed by atoms with Crippen LogP contribution in [0.15, 0.2) is 49.6 Å². The summed E-state index contributed by atoms with van der Waals surface area (Å²) in [6.45, 7) is 14.7. The Labute approximate surface area is 245 Å². The van der Waals surface area contributed by atoms with Crippen molar-refractivity contribution < 1.29 is 19.5 Å². The van der Waals surface area contributed by atoms with Crippen LogP contribution in [0.4, 0.5) is 0 Å². The van der Waals surface area contributed by atoms with Gasteiger partial charge in [0, 0.05) is 24.9 Å². The van der Waals surface area contributed by atoms with Crippen molar-refractivity contribution in [3.63, 3.8) is 0 Å². The van der Waals surface area contributed by atoms with E-state index in [1.807, 2.05) is 31.2 Å². The lowest BCUT2D eigenvalue weighted by Crippen LogP contribution is -2.59. The predicted octanol–water partition coefficient (Wildman–Crippen LogP) is 2.55. The van der Waals surface area contributed by atoms with Crippen LogP contribution >= 0.6 is 11.8 Å². The zero-order valence-electron chi connectivity index (χ0n) is 24.1. The van der Waals surface area contributed by atoms with Crippen molar-refractivity contribution in [1.29, 1.82) is 0 Å². The number of carbonyl (C=O) groups excluding carboxylic acids is 3. The zero-order valence-corrected chi connectivity index (χ0v) is 24.9. The van der Waals surface area contributed by atoms with Gasteiger partial charge >= 0.3 is 0 Å². The molecule has 1 spiro atoms. The number of hydrogen-bond donors (Lipinski definition) is 1. The van der Waals surface area contributed by atoms with Crippen LogP contribution < -0.4 is 0 Å². The number of likely N-dealkylation sites (tertiary alicyclic amines) is 1. The maximum Gasteiger partial charge on any atom is 0.248 e. The van der Waals surface area contributed by atoms with Crippen molar-refractivity contribution in [3.05, 3.63) is 49.6 Å². The largest absolute Gasteiger partial charge is 0.394 e. The third-order valence-electron chi connectivity index (χ3n) is 8.98. The smallest absolute Gasteiger partial charge is 0.248 e. The van der Waals surface area contributed by atoms with Crippen LogP contribution in [0.1, 0.15) is 33.6 Å². The summed E-state index contributed by atoms with van der Waals surface area (Å²) in [7, 11) is 0. The molecule has 0 saturated carbocycles. The average molecular weight is 581 g/mol. The second kappa shape index (κ2) is 11.6. The van der Waals surface area contributed by atoms with Crippen LogP contribution in [-0.4, -0.2) is 101 Å². The van der Waals surface area contributed by atoms with Gasteiger partial charge in [0.1, 0.15) is 18.2 Å². The Bertz CT molecular complexity index is 1350. The molecule has 3 unspecified atom stereocenters. The topological polar surface area (TPSA) is 112 Å². The van der Waals surface area contributed by atoms with Crippen molar-refractivity contribution in [2.24, 2.45) is 17.8 Å². The van der Waals surface area contributed by atoms with E-state index in [1.165, 1.54) is 0 Å². The molecule has 3 amide bonds. The highest BCUT2D eigenvalue weighted by Gasteiger charge is 2.76. The molecule has 4 heterocycles. The Balaban J connectivity index is 1.56. The molecular formula is C30H40N6O4S. The van der Waals surface area contributed by atoms with E-state index in [4.69, 9.17) is 0 Å². The molecule has 220 valence electrons. The van der Waals surface area contributed by atoms with Gasteiger partial charge in [-0.15, -0.1) is 30.0 Å². The first-order valence-electron chi connectivity index (χ1n) is 14.4. The average Bonchev–Trinajstić information content (AvgIpc) is 3.69. The number of rotatable bonds is 12. The number of carbonyl (C=O) groups is 3. The summed E-state index contributed by atoms with van der Waals surface area (Å²) >= 11 is 1.64. The second-order valence-corrected chi connectivity index (χ2v) is 13.0. The summed E-state index contributed by atoms with van der Waals surface area (Å²) in [4.78, 5) is 48.1. The van der Waals surface area contributed by atoms with E-state index < -0.39 is 28.7 Å². The van der Waals surface area contributed by atoms with E-state index in [0.717, 1.165) is 23.9 Å². The number of hydrogen-bond acceptors (Lipinski definition) is 7.